The minimum Gasteiger partial charge on any atom is -0.321 e. The Morgan fingerprint density at radius 3 is 2.94 bits per heavy atom. The molecule has 0 spiro atoms. The molecular weight excluding hydrogens is 223 g/mol. The Hall–Kier alpha value is -1.26. The molecule has 1 atom stereocenters. The smallest absolute Gasteiger partial charge is 0.123 e. The lowest BCUT2D eigenvalue weighted by Crippen LogP contribution is -2.35. The van der Waals surface area contributed by atoms with E-state index in [4.69, 9.17) is 5.73 Å². The van der Waals surface area contributed by atoms with Crippen molar-refractivity contribution in [1.29, 1.82) is 0 Å². The summed E-state index contributed by atoms with van der Waals surface area (Å²) in [6.07, 6.45) is 2.47. The quantitative estimate of drug-likeness (QED) is 0.890. The van der Waals surface area contributed by atoms with Gasteiger partial charge in [-0.2, -0.15) is 0 Å². The number of thiazole rings is 1. The van der Waals surface area contributed by atoms with Crippen molar-refractivity contribution < 1.29 is 4.39 Å². The highest BCUT2D eigenvalue weighted by Crippen LogP contribution is 2.24. The van der Waals surface area contributed by atoms with Crippen LogP contribution < -0.4 is 5.73 Å². The Morgan fingerprint density at radius 1 is 1.50 bits per heavy atom. The average Bonchev–Trinajstić information content (AvgIpc) is 2.70. The first-order chi connectivity index (χ1) is 7.58. The molecule has 1 heterocycles. The van der Waals surface area contributed by atoms with Gasteiger partial charge in [0.1, 0.15) is 5.82 Å². The molecule has 2 N–H and O–H groups in total. The molecule has 0 saturated carbocycles. The molecule has 1 aromatic heterocycles. The van der Waals surface area contributed by atoms with Gasteiger partial charge in [-0.15, -0.1) is 11.3 Å². The van der Waals surface area contributed by atoms with Crippen molar-refractivity contribution in [2.45, 2.75) is 18.9 Å². The van der Waals surface area contributed by atoms with Gasteiger partial charge in [0.25, 0.3) is 0 Å². The maximum absolute atomic E-state index is 13.1. The minimum atomic E-state index is -0.561. The summed E-state index contributed by atoms with van der Waals surface area (Å²) in [5.74, 6) is -0.251. The van der Waals surface area contributed by atoms with Gasteiger partial charge in [-0.05, 0) is 24.6 Å². The molecule has 2 nitrogen and oxygen atoms in total. The number of nitrogens with two attached hydrogens (primary N) is 1. The van der Waals surface area contributed by atoms with Gasteiger partial charge >= 0.3 is 0 Å². The molecule has 0 aliphatic carbocycles. The van der Waals surface area contributed by atoms with Crippen LogP contribution in [0, 0.1) is 5.82 Å². The molecule has 0 amide bonds. The molecule has 4 heteroatoms. The van der Waals surface area contributed by atoms with Crippen LogP contribution in [0.3, 0.4) is 0 Å². The third-order valence-electron chi connectivity index (χ3n) is 2.51. The second-order valence-corrected chi connectivity index (χ2v) is 5.04. The molecule has 1 aromatic carbocycles. The molecule has 0 radical (unpaired) electrons. The van der Waals surface area contributed by atoms with Gasteiger partial charge in [0.15, 0.2) is 0 Å². The van der Waals surface area contributed by atoms with Crippen LogP contribution in [0.2, 0.25) is 0 Å². The van der Waals surface area contributed by atoms with Crippen LogP contribution in [0.5, 0.6) is 0 Å². The Labute approximate surface area is 97.9 Å². The van der Waals surface area contributed by atoms with E-state index >= 15 is 0 Å². The highest BCUT2D eigenvalue weighted by molar-refractivity contribution is 7.09. The van der Waals surface area contributed by atoms with Gasteiger partial charge in [-0.25, -0.2) is 4.39 Å². The molecule has 0 saturated heterocycles. The lowest BCUT2D eigenvalue weighted by Gasteiger charge is -2.24. The Bertz CT molecular complexity index is 466. The van der Waals surface area contributed by atoms with E-state index in [1.807, 2.05) is 13.0 Å². The van der Waals surface area contributed by atoms with Crippen LogP contribution in [-0.2, 0) is 12.0 Å². The summed E-state index contributed by atoms with van der Waals surface area (Å²) in [6.45, 7) is 1.90. The number of halogens is 1. The van der Waals surface area contributed by atoms with Crippen LogP contribution in [-0.4, -0.2) is 4.98 Å². The van der Waals surface area contributed by atoms with Crippen molar-refractivity contribution in [1.82, 2.24) is 4.98 Å². The number of nitrogens with zero attached hydrogens (tertiary/aromatic N) is 1. The average molecular weight is 236 g/mol. The predicted octanol–water partition coefficient (Wildman–Crippen LogP) is 2.70. The zero-order chi connectivity index (χ0) is 11.6. The number of hydrogen-bond acceptors (Lipinski definition) is 3. The van der Waals surface area contributed by atoms with Gasteiger partial charge < -0.3 is 5.73 Å². The Balaban J connectivity index is 2.24. The van der Waals surface area contributed by atoms with Gasteiger partial charge in [0, 0.05) is 23.0 Å². The molecule has 1 unspecified atom stereocenters. The fourth-order valence-corrected chi connectivity index (χ4v) is 2.40. The van der Waals surface area contributed by atoms with E-state index in [-0.39, 0.29) is 5.82 Å². The van der Waals surface area contributed by atoms with Crippen LogP contribution >= 0.6 is 11.3 Å². The zero-order valence-electron chi connectivity index (χ0n) is 8.98. The number of rotatable bonds is 3. The Kier molecular flexibility index (Phi) is 3.03. The van der Waals surface area contributed by atoms with Crippen LogP contribution in [0.1, 0.15) is 17.4 Å². The summed E-state index contributed by atoms with van der Waals surface area (Å²) >= 11 is 1.56. The molecule has 84 valence electrons. The lowest BCUT2D eigenvalue weighted by molar-refractivity contribution is 0.490. The maximum Gasteiger partial charge on any atom is 0.123 e. The first kappa shape index (κ1) is 11.2. The Morgan fingerprint density at radius 2 is 2.31 bits per heavy atom. The van der Waals surface area contributed by atoms with Gasteiger partial charge in [-0.3, -0.25) is 4.98 Å². The van der Waals surface area contributed by atoms with E-state index in [0.29, 0.717) is 6.42 Å². The van der Waals surface area contributed by atoms with Crippen molar-refractivity contribution in [3.8, 4) is 0 Å². The van der Waals surface area contributed by atoms with Crippen molar-refractivity contribution in [3.63, 3.8) is 0 Å². The number of aromatic nitrogens is 1. The number of benzene rings is 1. The maximum atomic E-state index is 13.1. The molecule has 2 rings (SSSR count). The third kappa shape index (κ3) is 2.46. The van der Waals surface area contributed by atoms with E-state index in [0.717, 1.165) is 10.4 Å². The molecule has 0 aliphatic heterocycles. The lowest BCUT2D eigenvalue weighted by atomic mass is 9.89. The number of hydrogen-bond donors (Lipinski definition) is 1. The second-order valence-electron chi connectivity index (χ2n) is 4.07. The van der Waals surface area contributed by atoms with Gasteiger partial charge in [-0.1, -0.05) is 12.1 Å². The third-order valence-corrected chi connectivity index (χ3v) is 3.29. The van der Waals surface area contributed by atoms with Crippen molar-refractivity contribution >= 4 is 11.3 Å². The van der Waals surface area contributed by atoms with Crippen molar-refractivity contribution in [2.75, 3.05) is 0 Å². The van der Waals surface area contributed by atoms with E-state index in [9.17, 15) is 4.39 Å². The summed E-state index contributed by atoms with van der Waals surface area (Å²) in [4.78, 5) is 5.11. The van der Waals surface area contributed by atoms with Crippen LogP contribution in [0.15, 0.2) is 36.0 Å². The van der Waals surface area contributed by atoms with Crippen LogP contribution in [0.4, 0.5) is 4.39 Å². The molecule has 2 aromatic rings. The molecule has 0 aliphatic rings. The monoisotopic (exact) mass is 236 g/mol. The van der Waals surface area contributed by atoms with Crippen LogP contribution in [0.25, 0.3) is 0 Å². The summed E-state index contributed by atoms with van der Waals surface area (Å²) in [7, 11) is 0. The topological polar surface area (TPSA) is 38.9 Å². The first-order valence-electron chi connectivity index (χ1n) is 5.00. The summed E-state index contributed by atoms with van der Waals surface area (Å²) in [5, 5.41) is 0. The van der Waals surface area contributed by atoms with Crippen molar-refractivity contribution in [3.05, 3.63) is 52.2 Å². The normalized spacial score (nSPS) is 14.7. The van der Waals surface area contributed by atoms with E-state index < -0.39 is 5.54 Å². The largest absolute Gasteiger partial charge is 0.321 e. The second kappa shape index (κ2) is 4.31. The first-order valence-corrected chi connectivity index (χ1v) is 5.88. The summed E-state index contributed by atoms with van der Waals surface area (Å²) in [5.41, 5.74) is 8.23. The van der Waals surface area contributed by atoms with Crippen molar-refractivity contribution in [2.24, 2.45) is 5.73 Å². The van der Waals surface area contributed by atoms with E-state index in [1.165, 1.54) is 12.1 Å². The SMILES string of the molecule is CC(N)(Cc1cncs1)c1cccc(F)c1. The fraction of sp³-hybridized carbons (Fsp3) is 0.250. The molecular formula is C12H13FN2S. The highest BCUT2D eigenvalue weighted by atomic mass is 32.1. The minimum absolute atomic E-state index is 0.251. The predicted molar refractivity (Wildman–Crippen MR) is 63.8 cm³/mol. The standard InChI is InChI=1S/C12H13FN2S/c1-12(14,6-11-7-15-8-16-11)9-3-2-4-10(13)5-9/h2-5,7-8H,6,14H2,1H3. The van der Waals surface area contributed by atoms with Gasteiger partial charge in [0.2, 0.25) is 0 Å². The molecule has 0 bridgehead atoms. The van der Waals surface area contributed by atoms with Gasteiger partial charge in [0.05, 0.1) is 5.51 Å². The fourth-order valence-electron chi connectivity index (χ4n) is 1.64. The molecule has 16 heavy (non-hydrogen) atoms. The van der Waals surface area contributed by atoms with E-state index in [1.54, 1.807) is 29.1 Å². The summed E-state index contributed by atoms with van der Waals surface area (Å²) < 4.78 is 13.1. The summed E-state index contributed by atoms with van der Waals surface area (Å²) in [6, 6.07) is 6.44. The molecule has 0 fully saturated rings. The highest BCUT2D eigenvalue weighted by Gasteiger charge is 2.22. The zero-order valence-corrected chi connectivity index (χ0v) is 9.80. The van der Waals surface area contributed by atoms with E-state index in [2.05, 4.69) is 4.98 Å².